The van der Waals surface area contributed by atoms with Crippen LogP contribution in [-0.4, -0.2) is 45.7 Å². The smallest absolute Gasteiger partial charge is 0.0720 e. The van der Waals surface area contributed by atoms with Crippen molar-refractivity contribution >= 4 is 48.8 Å². The maximum atomic E-state index is 9.58. The Morgan fingerprint density at radius 1 is 1.14 bits per heavy atom. The molecule has 1 N–H and O–H groups in total. The second-order valence-electron chi connectivity index (χ2n) is 3.28. The van der Waals surface area contributed by atoms with Crippen LogP contribution in [0.4, 0.5) is 0 Å². The van der Waals surface area contributed by atoms with Crippen LogP contribution in [0.2, 0.25) is 0 Å². The van der Waals surface area contributed by atoms with Gasteiger partial charge in [0.25, 0.3) is 0 Å². The van der Waals surface area contributed by atoms with Gasteiger partial charge in [0.1, 0.15) is 0 Å². The summed E-state index contributed by atoms with van der Waals surface area (Å²) < 4.78 is 0. The van der Waals surface area contributed by atoms with E-state index >= 15 is 0 Å². The molecule has 0 amide bonds. The number of thiol groups is 2. The van der Waals surface area contributed by atoms with Crippen LogP contribution in [0.5, 0.6) is 0 Å². The van der Waals surface area contributed by atoms with Crippen LogP contribution >= 0.6 is 48.8 Å². The molecular weight excluding hydrogens is 252 g/mol. The third kappa shape index (κ3) is 9.90. The number of rotatable bonds is 9. The van der Waals surface area contributed by atoms with Crippen molar-refractivity contribution in [3.05, 3.63) is 0 Å². The van der Waals surface area contributed by atoms with Crippen molar-refractivity contribution in [3.63, 3.8) is 0 Å². The molecule has 0 saturated heterocycles. The molecule has 2 atom stereocenters. The Labute approximate surface area is 107 Å². The quantitative estimate of drug-likeness (QED) is 0.443. The first kappa shape index (κ1) is 15.4. The molecule has 0 aromatic carbocycles. The normalized spacial score (nSPS) is 15.4. The Morgan fingerprint density at radius 3 is 2.36 bits per heavy atom. The molecule has 0 saturated carbocycles. The fourth-order valence-corrected chi connectivity index (χ4v) is 3.36. The Bertz CT molecular complexity index is 123. The van der Waals surface area contributed by atoms with E-state index in [0.29, 0.717) is 5.92 Å². The Hall–Kier alpha value is 1.36. The lowest BCUT2D eigenvalue weighted by Crippen LogP contribution is -2.15. The number of hydrogen-bond donors (Lipinski definition) is 3. The zero-order valence-electron chi connectivity index (χ0n) is 8.56. The first-order chi connectivity index (χ1) is 6.70. The fraction of sp³-hybridized carbons (Fsp3) is 1.00. The van der Waals surface area contributed by atoms with Gasteiger partial charge < -0.3 is 5.11 Å². The van der Waals surface area contributed by atoms with Gasteiger partial charge in [0.15, 0.2) is 0 Å². The van der Waals surface area contributed by atoms with Crippen LogP contribution in [-0.2, 0) is 0 Å². The van der Waals surface area contributed by atoms with Crippen LogP contribution in [0.15, 0.2) is 0 Å². The molecule has 14 heavy (non-hydrogen) atoms. The van der Waals surface area contributed by atoms with E-state index < -0.39 is 0 Å². The molecule has 0 spiro atoms. The standard InChI is InChI=1S/C9H20OS4/c1-8(4-12)5-14-7-9(10)6-13-3-2-11/h8-12H,2-7H2,1H3. The highest BCUT2D eigenvalue weighted by atomic mass is 32.2. The second kappa shape index (κ2) is 10.9. The molecule has 0 heterocycles. The van der Waals surface area contributed by atoms with Gasteiger partial charge in [0.05, 0.1) is 6.10 Å². The minimum Gasteiger partial charge on any atom is -0.391 e. The zero-order chi connectivity index (χ0) is 10.8. The average Bonchev–Trinajstić information content (AvgIpc) is 2.18. The molecule has 1 nitrogen and oxygen atoms in total. The van der Waals surface area contributed by atoms with Gasteiger partial charge in [-0.2, -0.15) is 48.8 Å². The number of aliphatic hydroxyl groups excluding tert-OH is 1. The first-order valence-electron chi connectivity index (χ1n) is 4.76. The van der Waals surface area contributed by atoms with Crippen LogP contribution < -0.4 is 0 Å². The van der Waals surface area contributed by atoms with Gasteiger partial charge in [0.2, 0.25) is 0 Å². The monoisotopic (exact) mass is 272 g/mol. The van der Waals surface area contributed by atoms with Crippen LogP contribution in [0.1, 0.15) is 6.92 Å². The Morgan fingerprint density at radius 2 is 1.79 bits per heavy atom. The predicted molar refractivity (Wildman–Crippen MR) is 77.5 cm³/mol. The van der Waals surface area contributed by atoms with Gasteiger partial charge >= 0.3 is 0 Å². The summed E-state index contributed by atoms with van der Waals surface area (Å²) in [7, 11) is 0. The van der Waals surface area contributed by atoms with E-state index in [-0.39, 0.29) is 6.10 Å². The molecule has 0 rings (SSSR count). The SMILES string of the molecule is CC(CS)CSCC(O)CSCCS. The van der Waals surface area contributed by atoms with Gasteiger partial charge in [0, 0.05) is 17.3 Å². The van der Waals surface area contributed by atoms with E-state index in [0.717, 1.165) is 34.5 Å². The van der Waals surface area contributed by atoms with Crippen molar-refractivity contribution in [2.24, 2.45) is 5.92 Å². The molecule has 0 aliphatic rings. The summed E-state index contributed by atoms with van der Waals surface area (Å²) in [6.07, 6.45) is -0.169. The van der Waals surface area contributed by atoms with E-state index in [4.69, 9.17) is 0 Å². The van der Waals surface area contributed by atoms with Gasteiger partial charge in [-0.05, 0) is 23.2 Å². The highest BCUT2D eigenvalue weighted by Gasteiger charge is 2.05. The predicted octanol–water partition coefficient (Wildman–Crippen LogP) is 2.31. The average molecular weight is 273 g/mol. The van der Waals surface area contributed by atoms with Crippen molar-refractivity contribution in [3.8, 4) is 0 Å². The maximum absolute atomic E-state index is 9.58. The lowest BCUT2D eigenvalue weighted by atomic mass is 10.3. The third-order valence-corrected chi connectivity index (χ3v) is 5.26. The van der Waals surface area contributed by atoms with Crippen molar-refractivity contribution in [1.29, 1.82) is 0 Å². The largest absolute Gasteiger partial charge is 0.391 e. The molecule has 86 valence electrons. The summed E-state index contributed by atoms with van der Waals surface area (Å²) in [6.45, 7) is 2.18. The minimum absolute atomic E-state index is 0.169. The summed E-state index contributed by atoms with van der Waals surface area (Å²) in [5.74, 6) is 6.26. The lowest BCUT2D eigenvalue weighted by molar-refractivity contribution is 0.225. The molecule has 0 aromatic heterocycles. The number of thioether (sulfide) groups is 2. The van der Waals surface area contributed by atoms with E-state index in [2.05, 4.69) is 32.2 Å². The van der Waals surface area contributed by atoms with E-state index in [1.54, 1.807) is 11.8 Å². The summed E-state index contributed by atoms with van der Waals surface area (Å²) in [6, 6.07) is 0. The van der Waals surface area contributed by atoms with Crippen molar-refractivity contribution < 1.29 is 5.11 Å². The summed E-state index contributed by atoms with van der Waals surface area (Å²) in [4.78, 5) is 0. The Kier molecular flexibility index (Phi) is 11.9. The van der Waals surface area contributed by atoms with Gasteiger partial charge in [-0.15, -0.1) is 0 Å². The van der Waals surface area contributed by atoms with Crippen molar-refractivity contribution in [1.82, 2.24) is 0 Å². The lowest BCUT2D eigenvalue weighted by Gasteiger charge is -2.11. The van der Waals surface area contributed by atoms with E-state index in [1.165, 1.54) is 0 Å². The minimum atomic E-state index is -0.169. The maximum Gasteiger partial charge on any atom is 0.0720 e. The summed E-state index contributed by atoms with van der Waals surface area (Å²) in [5, 5.41) is 9.58. The first-order valence-corrected chi connectivity index (χ1v) is 8.33. The molecule has 5 heteroatoms. The van der Waals surface area contributed by atoms with Crippen LogP contribution in [0, 0.1) is 5.92 Å². The number of aliphatic hydroxyl groups is 1. The van der Waals surface area contributed by atoms with E-state index in [1.807, 2.05) is 11.8 Å². The van der Waals surface area contributed by atoms with Gasteiger partial charge in [-0.1, -0.05) is 6.92 Å². The van der Waals surface area contributed by atoms with Crippen LogP contribution in [0.3, 0.4) is 0 Å². The van der Waals surface area contributed by atoms with Crippen molar-refractivity contribution in [2.45, 2.75) is 13.0 Å². The summed E-state index contributed by atoms with van der Waals surface area (Å²) >= 11 is 11.9. The molecular formula is C9H20OS4. The van der Waals surface area contributed by atoms with Crippen molar-refractivity contribution in [2.75, 3.05) is 34.5 Å². The molecule has 0 radical (unpaired) electrons. The molecule has 2 unspecified atom stereocenters. The third-order valence-electron chi connectivity index (χ3n) is 1.57. The van der Waals surface area contributed by atoms with Crippen LogP contribution in [0.25, 0.3) is 0 Å². The van der Waals surface area contributed by atoms with Gasteiger partial charge in [-0.3, -0.25) is 0 Å². The number of hydrogen-bond acceptors (Lipinski definition) is 5. The highest BCUT2D eigenvalue weighted by molar-refractivity contribution is 8.00. The van der Waals surface area contributed by atoms with Gasteiger partial charge in [-0.25, -0.2) is 0 Å². The summed E-state index contributed by atoms with van der Waals surface area (Å²) in [5.41, 5.74) is 0. The fourth-order valence-electron chi connectivity index (χ4n) is 0.790. The van der Waals surface area contributed by atoms with E-state index in [9.17, 15) is 5.11 Å². The molecule has 0 aliphatic carbocycles. The topological polar surface area (TPSA) is 20.2 Å². The molecule has 0 aromatic rings. The molecule has 0 aliphatic heterocycles. The Balaban J connectivity index is 3.21. The second-order valence-corrected chi connectivity index (χ2v) is 6.31. The zero-order valence-corrected chi connectivity index (χ0v) is 12.0. The molecule has 0 bridgehead atoms. The highest BCUT2D eigenvalue weighted by Crippen LogP contribution is 2.13. The molecule has 0 fully saturated rings.